The van der Waals surface area contributed by atoms with Gasteiger partial charge in [-0.05, 0) is 49.2 Å². The van der Waals surface area contributed by atoms with E-state index in [4.69, 9.17) is 4.74 Å². The van der Waals surface area contributed by atoms with Crippen LogP contribution in [0.15, 0.2) is 48.8 Å². The van der Waals surface area contributed by atoms with Crippen molar-refractivity contribution in [3.8, 4) is 5.75 Å². The summed E-state index contributed by atoms with van der Waals surface area (Å²) < 4.78 is 5.59. The van der Waals surface area contributed by atoms with E-state index >= 15 is 0 Å². The Morgan fingerprint density at radius 2 is 2.00 bits per heavy atom. The highest BCUT2D eigenvalue weighted by molar-refractivity contribution is 5.27. The molecule has 0 aliphatic heterocycles. The molecule has 0 aliphatic rings. The summed E-state index contributed by atoms with van der Waals surface area (Å²) in [7, 11) is 0. The van der Waals surface area contributed by atoms with Crippen LogP contribution in [0.1, 0.15) is 24.1 Å². The zero-order chi connectivity index (χ0) is 15.1. The number of aryl methyl sites for hydroxylation is 1. The van der Waals surface area contributed by atoms with Crippen LogP contribution in [-0.2, 0) is 0 Å². The first kappa shape index (κ1) is 15.5. The first-order valence-corrected chi connectivity index (χ1v) is 7.16. The number of hydrogen-bond donors (Lipinski definition) is 2. The average molecular weight is 286 g/mol. The van der Waals surface area contributed by atoms with E-state index in [0.717, 1.165) is 16.9 Å². The second kappa shape index (κ2) is 7.76. The van der Waals surface area contributed by atoms with Gasteiger partial charge in [0.2, 0.25) is 0 Å². The van der Waals surface area contributed by atoms with Crippen LogP contribution in [0.25, 0.3) is 0 Å². The van der Waals surface area contributed by atoms with Gasteiger partial charge < -0.3 is 15.2 Å². The molecule has 0 bridgehead atoms. The van der Waals surface area contributed by atoms with Crippen LogP contribution in [-0.4, -0.2) is 29.3 Å². The molecule has 2 N–H and O–H groups in total. The van der Waals surface area contributed by atoms with E-state index < -0.39 is 6.10 Å². The Kier molecular flexibility index (Phi) is 5.72. The first-order valence-electron chi connectivity index (χ1n) is 7.16. The second-order valence-electron chi connectivity index (χ2n) is 5.19. The number of hydrogen-bond acceptors (Lipinski definition) is 4. The molecule has 1 heterocycles. The Bertz CT molecular complexity index is 545. The third-order valence-corrected chi connectivity index (χ3v) is 3.30. The summed E-state index contributed by atoms with van der Waals surface area (Å²) in [5.41, 5.74) is 2.29. The van der Waals surface area contributed by atoms with Gasteiger partial charge in [-0.2, -0.15) is 0 Å². The fourth-order valence-electron chi connectivity index (χ4n) is 2.04. The molecule has 21 heavy (non-hydrogen) atoms. The first-order chi connectivity index (χ1) is 10.1. The Morgan fingerprint density at radius 3 is 2.71 bits per heavy atom. The summed E-state index contributed by atoms with van der Waals surface area (Å²) in [5.74, 6) is 0.788. The number of ether oxygens (including phenoxy) is 1. The topological polar surface area (TPSA) is 54.4 Å². The van der Waals surface area contributed by atoms with Crippen LogP contribution >= 0.6 is 0 Å². The monoisotopic (exact) mass is 286 g/mol. The zero-order valence-electron chi connectivity index (χ0n) is 12.5. The van der Waals surface area contributed by atoms with Crippen molar-refractivity contribution in [1.82, 2.24) is 10.3 Å². The molecule has 0 fully saturated rings. The minimum absolute atomic E-state index is 0.168. The van der Waals surface area contributed by atoms with Crippen molar-refractivity contribution in [3.05, 3.63) is 59.9 Å². The zero-order valence-corrected chi connectivity index (χ0v) is 12.5. The van der Waals surface area contributed by atoms with Gasteiger partial charge in [-0.25, -0.2) is 0 Å². The SMILES string of the molecule is Cc1cccc(OCC(O)CN[C@@H](C)c2ccncc2)c1. The molecule has 2 aromatic rings. The maximum atomic E-state index is 9.98. The summed E-state index contributed by atoms with van der Waals surface area (Å²) in [6.07, 6.45) is 2.99. The number of aromatic nitrogens is 1. The minimum atomic E-state index is -0.546. The van der Waals surface area contributed by atoms with Gasteiger partial charge in [0.1, 0.15) is 18.5 Å². The normalized spacial score (nSPS) is 13.7. The summed E-state index contributed by atoms with van der Waals surface area (Å²) >= 11 is 0. The molecule has 0 aliphatic carbocycles. The smallest absolute Gasteiger partial charge is 0.119 e. The largest absolute Gasteiger partial charge is 0.491 e. The van der Waals surface area contributed by atoms with Gasteiger partial charge in [0.15, 0.2) is 0 Å². The number of benzene rings is 1. The van der Waals surface area contributed by atoms with Crippen molar-refractivity contribution in [3.63, 3.8) is 0 Å². The summed E-state index contributed by atoms with van der Waals surface area (Å²) in [6.45, 7) is 4.83. The van der Waals surface area contributed by atoms with Gasteiger partial charge in [-0.3, -0.25) is 4.98 Å². The van der Waals surface area contributed by atoms with Crippen molar-refractivity contribution >= 4 is 0 Å². The lowest BCUT2D eigenvalue weighted by atomic mass is 10.1. The Labute approximate surface area is 125 Å². The van der Waals surface area contributed by atoms with Crippen LogP contribution in [0.3, 0.4) is 0 Å². The molecule has 2 atom stereocenters. The van der Waals surface area contributed by atoms with Crippen molar-refractivity contribution in [2.45, 2.75) is 26.0 Å². The molecule has 112 valence electrons. The molecule has 1 unspecified atom stereocenters. The lowest BCUT2D eigenvalue weighted by Crippen LogP contribution is -2.33. The number of aliphatic hydroxyl groups excluding tert-OH is 1. The number of pyridine rings is 1. The van der Waals surface area contributed by atoms with Crippen molar-refractivity contribution in [1.29, 1.82) is 0 Å². The maximum Gasteiger partial charge on any atom is 0.119 e. The molecule has 0 radical (unpaired) electrons. The lowest BCUT2D eigenvalue weighted by molar-refractivity contribution is 0.104. The molecule has 0 saturated carbocycles. The molecule has 4 nitrogen and oxygen atoms in total. The molecule has 2 rings (SSSR count). The standard InChI is InChI=1S/C17H22N2O2/c1-13-4-3-5-17(10-13)21-12-16(20)11-19-14(2)15-6-8-18-9-7-15/h3-10,14,16,19-20H,11-12H2,1-2H3/t14-,16?/m0/s1. The predicted molar refractivity (Wildman–Crippen MR) is 83.3 cm³/mol. The van der Waals surface area contributed by atoms with Crippen LogP contribution in [0.5, 0.6) is 5.75 Å². The quantitative estimate of drug-likeness (QED) is 0.821. The Morgan fingerprint density at radius 1 is 1.24 bits per heavy atom. The number of rotatable bonds is 7. The second-order valence-corrected chi connectivity index (χ2v) is 5.19. The van der Waals surface area contributed by atoms with E-state index in [2.05, 4.69) is 17.2 Å². The molecule has 4 heteroatoms. The average Bonchev–Trinajstić information content (AvgIpc) is 2.51. The third kappa shape index (κ3) is 5.17. The Hall–Kier alpha value is -1.91. The van der Waals surface area contributed by atoms with Crippen LogP contribution in [0.2, 0.25) is 0 Å². The van der Waals surface area contributed by atoms with Crippen molar-refractivity contribution in [2.24, 2.45) is 0 Å². The summed E-state index contributed by atoms with van der Waals surface area (Å²) in [5, 5.41) is 13.3. The van der Waals surface area contributed by atoms with E-state index in [1.807, 2.05) is 43.3 Å². The highest BCUT2D eigenvalue weighted by Gasteiger charge is 2.09. The van der Waals surface area contributed by atoms with E-state index in [9.17, 15) is 5.11 Å². The van der Waals surface area contributed by atoms with Gasteiger partial charge in [0.25, 0.3) is 0 Å². The van der Waals surface area contributed by atoms with Gasteiger partial charge in [0.05, 0.1) is 0 Å². The van der Waals surface area contributed by atoms with E-state index in [0.29, 0.717) is 6.54 Å². The summed E-state index contributed by atoms with van der Waals surface area (Å²) in [6, 6.07) is 11.9. The van der Waals surface area contributed by atoms with Crippen LogP contribution in [0, 0.1) is 6.92 Å². The molecule has 0 amide bonds. The van der Waals surface area contributed by atoms with Gasteiger partial charge in [-0.1, -0.05) is 12.1 Å². The minimum Gasteiger partial charge on any atom is -0.491 e. The van der Waals surface area contributed by atoms with E-state index in [-0.39, 0.29) is 12.6 Å². The van der Waals surface area contributed by atoms with Gasteiger partial charge >= 0.3 is 0 Å². The number of nitrogens with one attached hydrogen (secondary N) is 1. The van der Waals surface area contributed by atoms with Gasteiger partial charge in [0, 0.05) is 25.0 Å². The van der Waals surface area contributed by atoms with Crippen molar-refractivity contribution < 1.29 is 9.84 Å². The maximum absolute atomic E-state index is 9.98. The van der Waals surface area contributed by atoms with Gasteiger partial charge in [-0.15, -0.1) is 0 Å². The van der Waals surface area contributed by atoms with E-state index in [1.165, 1.54) is 0 Å². The van der Waals surface area contributed by atoms with Crippen LogP contribution < -0.4 is 10.1 Å². The molecule has 1 aromatic heterocycles. The predicted octanol–water partition coefficient (Wildman–Crippen LogP) is 2.48. The van der Waals surface area contributed by atoms with Crippen LogP contribution in [0.4, 0.5) is 0 Å². The van der Waals surface area contributed by atoms with E-state index in [1.54, 1.807) is 12.4 Å². The molecule has 1 aromatic carbocycles. The lowest BCUT2D eigenvalue weighted by Gasteiger charge is -2.18. The molecular formula is C17H22N2O2. The fourth-order valence-corrected chi connectivity index (χ4v) is 2.04. The number of nitrogens with zero attached hydrogens (tertiary/aromatic N) is 1. The molecule has 0 saturated heterocycles. The Balaban J connectivity index is 1.73. The fraction of sp³-hybridized carbons (Fsp3) is 0.353. The summed E-state index contributed by atoms with van der Waals surface area (Å²) in [4.78, 5) is 4.00. The number of aliphatic hydroxyl groups is 1. The highest BCUT2D eigenvalue weighted by atomic mass is 16.5. The van der Waals surface area contributed by atoms with Crippen molar-refractivity contribution in [2.75, 3.05) is 13.2 Å². The third-order valence-electron chi connectivity index (χ3n) is 3.30. The molecule has 0 spiro atoms. The molecular weight excluding hydrogens is 264 g/mol. The highest BCUT2D eigenvalue weighted by Crippen LogP contribution is 2.13.